The minimum absolute atomic E-state index is 0.0166. The molecule has 0 bridgehead atoms. The van der Waals surface area contributed by atoms with Crippen molar-refractivity contribution < 1.29 is 18.6 Å². The minimum atomic E-state index is -2.72. The molecule has 0 saturated carbocycles. The number of benzene rings is 2. The number of thiol groups is 1. The van der Waals surface area contributed by atoms with Crippen LogP contribution in [0.1, 0.15) is 41.7 Å². The van der Waals surface area contributed by atoms with Gasteiger partial charge >= 0.3 is 0 Å². The maximum absolute atomic E-state index is 11.5. The molecule has 0 saturated heterocycles. The number of rotatable bonds is 4. The standard InChI is InChI=1S/C18H22O4S/c1-11-7-14(19)8-12(2)15(11)9-13-5-6-17(20)16(10-13)18(3,4)23(21)22/h5-8,10,19-20,23H,9H2,1-4H3. The zero-order valence-corrected chi connectivity index (χ0v) is 14.6. The highest BCUT2D eigenvalue weighted by Crippen LogP contribution is 2.33. The normalized spacial score (nSPS) is 11.9. The highest BCUT2D eigenvalue weighted by molar-refractivity contribution is 7.73. The molecular weight excluding hydrogens is 312 g/mol. The van der Waals surface area contributed by atoms with Crippen LogP contribution in [0.3, 0.4) is 0 Å². The predicted molar refractivity (Wildman–Crippen MR) is 91.8 cm³/mol. The van der Waals surface area contributed by atoms with Crippen molar-refractivity contribution in [3.8, 4) is 11.5 Å². The molecule has 124 valence electrons. The minimum Gasteiger partial charge on any atom is -0.508 e. The molecule has 0 radical (unpaired) electrons. The van der Waals surface area contributed by atoms with Crippen LogP contribution in [0, 0.1) is 13.8 Å². The van der Waals surface area contributed by atoms with Gasteiger partial charge in [0.1, 0.15) is 22.2 Å². The Morgan fingerprint density at radius 2 is 1.57 bits per heavy atom. The van der Waals surface area contributed by atoms with Gasteiger partial charge < -0.3 is 10.2 Å². The van der Waals surface area contributed by atoms with Crippen LogP contribution in [0.5, 0.6) is 11.5 Å². The monoisotopic (exact) mass is 334 g/mol. The van der Waals surface area contributed by atoms with Crippen molar-refractivity contribution in [1.29, 1.82) is 0 Å². The zero-order valence-electron chi connectivity index (χ0n) is 13.8. The summed E-state index contributed by atoms with van der Waals surface area (Å²) in [5.74, 6) is 0.219. The summed E-state index contributed by atoms with van der Waals surface area (Å²) in [5.41, 5.74) is 4.36. The molecule has 2 aromatic rings. The van der Waals surface area contributed by atoms with Crippen molar-refractivity contribution >= 4 is 10.7 Å². The van der Waals surface area contributed by atoms with Crippen LogP contribution in [0.4, 0.5) is 0 Å². The molecule has 0 fully saturated rings. The fourth-order valence-electron chi connectivity index (χ4n) is 2.74. The molecule has 0 unspecified atom stereocenters. The van der Waals surface area contributed by atoms with E-state index in [1.54, 1.807) is 38.1 Å². The van der Waals surface area contributed by atoms with Gasteiger partial charge in [0.15, 0.2) is 0 Å². The Morgan fingerprint density at radius 3 is 2.09 bits per heavy atom. The Balaban J connectivity index is 2.48. The van der Waals surface area contributed by atoms with Gasteiger partial charge in [-0.05, 0) is 74.6 Å². The first-order valence-corrected chi connectivity index (χ1v) is 8.56. The van der Waals surface area contributed by atoms with E-state index >= 15 is 0 Å². The second-order valence-electron chi connectivity index (χ2n) is 6.40. The van der Waals surface area contributed by atoms with E-state index in [-0.39, 0.29) is 11.5 Å². The van der Waals surface area contributed by atoms with E-state index in [1.807, 2.05) is 13.8 Å². The molecule has 2 N–H and O–H groups in total. The quantitative estimate of drug-likeness (QED) is 0.751. The van der Waals surface area contributed by atoms with Gasteiger partial charge in [0, 0.05) is 5.56 Å². The van der Waals surface area contributed by atoms with Crippen LogP contribution >= 0.6 is 0 Å². The molecule has 0 atom stereocenters. The third-order valence-corrected chi connectivity index (χ3v) is 5.39. The van der Waals surface area contributed by atoms with Crippen molar-refractivity contribution in [3.05, 3.63) is 58.1 Å². The summed E-state index contributed by atoms with van der Waals surface area (Å²) >= 11 is 0. The molecule has 23 heavy (non-hydrogen) atoms. The van der Waals surface area contributed by atoms with Crippen LogP contribution in [-0.4, -0.2) is 18.6 Å². The van der Waals surface area contributed by atoms with Crippen LogP contribution < -0.4 is 0 Å². The van der Waals surface area contributed by atoms with Crippen LogP contribution in [0.25, 0.3) is 0 Å². The SMILES string of the molecule is Cc1cc(O)cc(C)c1Cc1ccc(O)c(C(C)(C)[SH](=O)=O)c1. The highest BCUT2D eigenvalue weighted by atomic mass is 32.2. The second-order valence-corrected chi connectivity index (χ2v) is 8.03. The molecule has 0 aliphatic heterocycles. The van der Waals surface area contributed by atoms with E-state index in [1.165, 1.54) is 6.07 Å². The Kier molecular flexibility index (Phi) is 4.71. The number of aromatic hydroxyl groups is 2. The average molecular weight is 334 g/mol. The van der Waals surface area contributed by atoms with Crippen LogP contribution in [-0.2, 0) is 21.9 Å². The van der Waals surface area contributed by atoms with Crippen molar-refractivity contribution in [2.75, 3.05) is 0 Å². The first-order valence-electron chi connectivity index (χ1n) is 7.39. The predicted octanol–water partition coefficient (Wildman–Crippen LogP) is 3.15. The summed E-state index contributed by atoms with van der Waals surface area (Å²) in [4.78, 5) is 0. The summed E-state index contributed by atoms with van der Waals surface area (Å²) in [5, 5.41) is 19.7. The number of hydrogen-bond donors (Lipinski definition) is 3. The Morgan fingerprint density at radius 1 is 1.00 bits per heavy atom. The average Bonchev–Trinajstić information content (AvgIpc) is 2.44. The van der Waals surface area contributed by atoms with Crippen molar-refractivity contribution in [2.45, 2.75) is 38.9 Å². The van der Waals surface area contributed by atoms with Crippen LogP contribution in [0.15, 0.2) is 30.3 Å². The van der Waals surface area contributed by atoms with Crippen molar-refractivity contribution in [3.63, 3.8) is 0 Å². The summed E-state index contributed by atoms with van der Waals surface area (Å²) in [6, 6.07) is 8.49. The summed E-state index contributed by atoms with van der Waals surface area (Å²) in [6.45, 7) is 7.02. The van der Waals surface area contributed by atoms with Gasteiger partial charge in [-0.3, -0.25) is 0 Å². The van der Waals surface area contributed by atoms with Gasteiger partial charge in [0.25, 0.3) is 0 Å². The smallest absolute Gasteiger partial charge is 0.149 e. The fraction of sp³-hybridized carbons (Fsp3) is 0.333. The maximum atomic E-state index is 11.5. The van der Waals surface area contributed by atoms with Gasteiger partial charge in [-0.25, -0.2) is 8.42 Å². The Hall–Kier alpha value is -2.01. The van der Waals surface area contributed by atoms with E-state index < -0.39 is 15.5 Å². The molecule has 0 aromatic heterocycles. The molecular formula is C18H22O4S. The van der Waals surface area contributed by atoms with Crippen molar-refractivity contribution in [1.82, 2.24) is 0 Å². The summed E-state index contributed by atoms with van der Waals surface area (Å²) in [7, 11) is -2.72. The Bertz CT molecular complexity index is 789. The molecule has 2 rings (SSSR count). The third kappa shape index (κ3) is 3.50. The zero-order chi connectivity index (χ0) is 17.4. The molecule has 0 heterocycles. The van der Waals surface area contributed by atoms with Gasteiger partial charge in [-0.15, -0.1) is 0 Å². The molecule has 4 nitrogen and oxygen atoms in total. The third-order valence-electron chi connectivity index (χ3n) is 4.24. The lowest BCUT2D eigenvalue weighted by molar-refractivity contribution is 0.458. The van der Waals surface area contributed by atoms with E-state index in [9.17, 15) is 18.6 Å². The fourth-order valence-corrected chi connectivity index (χ4v) is 3.11. The van der Waals surface area contributed by atoms with E-state index in [4.69, 9.17) is 0 Å². The molecule has 0 aliphatic rings. The number of phenolic OH excluding ortho intramolecular Hbond substituents is 2. The topological polar surface area (TPSA) is 74.6 Å². The molecule has 0 amide bonds. The van der Waals surface area contributed by atoms with E-state index in [0.717, 1.165) is 22.3 Å². The largest absolute Gasteiger partial charge is 0.508 e. The van der Waals surface area contributed by atoms with Crippen molar-refractivity contribution in [2.24, 2.45) is 0 Å². The van der Waals surface area contributed by atoms with Gasteiger partial charge in [-0.2, -0.15) is 0 Å². The van der Waals surface area contributed by atoms with E-state index in [0.29, 0.717) is 12.0 Å². The lowest BCUT2D eigenvalue weighted by Crippen LogP contribution is -2.19. The lowest BCUT2D eigenvalue weighted by Gasteiger charge is -2.20. The first kappa shape index (κ1) is 17.3. The molecule has 5 heteroatoms. The van der Waals surface area contributed by atoms with Crippen LogP contribution in [0.2, 0.25) is 0 Å². The van der Waals surface area contributed by atoms with Gasteiger partial charge in [0.05, 0.1) is 4.75 Å². The summed E-state index contributed by atoms with van der Waals surface area (Å²) < 4.78 is 21.8. The van der Waals surface area contributed by atoms with Gasteiger partial charge in [0.2, 0.25) is 0 Å². The molecule has 0 aliphatic carbocycles. The Labute approximate surface area is 138 Å². The lowest BCUT2D eigenvalue weighted by atomic mass is 9.92. The highest BCUT2D eigenvalue weighted by Gasteiger charge is 2.27. The number of hydrogen-bond acceptors (Lipinski definition) is 4. The second kappa shape index (κ2) is 6.24. The number of phenols is 2. The maximum Gasteiger partial charge on any atom is 0.149 e. The van der Waals surface area contributed by atoms with Gasteiger partial charge in [-0.1, -0.05) is 12.1 Å². The number of aryl methyl sites for hydroxylation is 2. The molecule has 0 spiro atoms. The first-order chi connectivity index (χ1) is 10.6. The van der Waals surface area contributed by atoms with E-state index in [2.05, 4.69) is 0 Å². The molecule has 2 aromatic carbocycles. The summed E-state index contributed by atoms with van der Waals surface area (Å²) in [6.07, 6.45) is 0.608.